The lowest BCUT2D eigenvalue weighted by atomic mass is 9.83. The third-order valence-corrected chi connectivity index (χ3v) is 4.93. The van der Waals surface area contributed by atoms with Gasteiger partial charge in [0.2, 0.25) is 0 Å². The maximum absolute atomic E-state index is 13.0. The van der Waals surface area contributed by atoms with Crippen molar-refractivity contribution in [2.24, 2.45) is 0 Å². The standard InChI is InChI=1S/C18H15N3O4/c19-14-6-5-11(21(24)25)8-13(14)18(23)20-9-10-4-7-16(22)12-2-1-3-15(20)17(10)12/h1-3,5-6,8,10H,4,7,9,19H2/t10-/m1/s1. The van der Waals surface area contributed by atoms with Crippen molar-refractivity contribution < 1.29 is 14.5 Å². The van der Waals surface area contributed by atoms with E-state index in [1.165, 1.54) is 18.2 Å². The summed E-state index contributed by atoms with van der Waals surface area (Å²) < 4.78 is 0. The zero-order valence-electron chi connectivity index (χ0n) is 13.3. The number of ketones is 1. The predicted octanol–water partition coefficient (Wildman–Crippen LogP) is 2.90. The van der Waals surface area contributed by atoms with Gasteiger partial charge in [0.05, 0.1) is 10.5 Å². The summed E-state index contributed by atoms with van der Waals surface area (Å²) in [4.78, 5) is 37.2. The summed E-state index contributed by atoms with van der Waals surface area (Å²) in [5, 5.41) is 11.0. The summed E-state index contributed by atoms with van der Waals surface area (Å²) in [7, 11) is 0. The Kier molecular flexibility index (Phi) is 3.31. The lowest BCUT2D eigenvalue weighted by Gasteiger charge is -2.18. The molecule has 2 aliphatic rings. The van der Waals surface area contributed by atoms with Gasteiger partial charge in [-0.2, -0.15) is 0 Å². The highest BCUT2D eigenvalue weighted by Crippen LogP contribution is 2.45. The highest BCUT2D eigenvalue weighted by Gasteiger charge is 2.38. The maximum atomic E-state index is 13.0. The van der Waals surface area contributed by atoms with Crippen LogP contribution in [0.15, 0.2) is 36.4 Å². The number of nitro groups is 1. The minimum Gasteiger partial charge on any atom is -0.398 e. The molecule has 7 nitrogen and oxygen atoms in total. The molecule has 1 atom stereocenters. The SMILES string of the molecule is Nc1ccc([N+](=O)[O-])cc1C(=O)N1C[C@H]2CCC(=O)c3cccc1c32. The fraction of sp³-hybridized carbons (Fsp3) is 0.222. The van der Waals surface area contributed by atoms with Crippen LogP contribution in [0.5, 0.6) is 0 Å². The molecule has 0 bridgehead atoms. The summed E-state index contributed by atoms with van der Waals surface area (Å²) in [6.07, 6.45) is 1.18. The van der Waals surface area contributed by atoms with Crippen molar-refractivity contribution >= 4 is 28.8 Å². The second-order valence-electron chi connectivity index (χ2n) is 6.34. The molecule has 0 saturated carbocycles. The van der Waals surface area contributed by atoms with E-state index in [1.807, 2.05) is 6.07 Å². The molecule has 4 rings (SSSR count). The minimum absolute atomic E-state index is 0.0947. The van der Waals surface area contributed by atoms with Crippen molar-refractivity contribution in [3.05, 3.63) is 63.2 Å². The van der Waals surface area contributed by atoms with E-state index in [0.717, 1.165) is 5.56 Å². The fourth-order valence-electron chi connectivity index (χ4n) is 3.73. The van der Waals surface area contributed by atoms with Crippen LogP contribution in [0.2, 0.25) is 0 Å². The second-order valence-corrected chi connectivity index (χ2v) is 6.34. The van der Waals surface area contributed by atoms with Crippen LogP contribution in [0, 0.1) is 10.1 Å². The minimum atomic E-state index is -0.554. The normalized spacial score (nSPS) is 18.2. The molecule has 1 aliphatic carbocycles. The van der Waals surface area contributed by atoms with Crippen LogP contribution >= 0.6 is 0 Å². The van der Waals surface area contributed by atoms with Gasteiger partial charge < -0.3 is 10.6 Å². The molecule has 0 saturated heterocycles. The number of hydrogen-bond donors (Lipinski definition) is 1. The summed E-state index contributed by atoms with van der Waals surface area (Å²) >= 11 is 0. The Labute approximate surface area is 143 Å². The van der Waals surface area contributed by atoms with Gasteiger partial charge in [-0.25, -0.2) is 0 Å². The van der Waals surface area contributed by atoms with Gasteiger partial charge in [0, 0.05) is 48.0 Å². The van der Waals surface area contributed by atoms with Crippen LogP contribution in [0.3, 0.4) is 0 Å². The lowest BCUT2D eigenvalue weighted by Crippen LogP contribution is -2.30. The summed E-state index contributed by atoms with van der Waals surface area (Å²) in [6.45, 7) is 0.459. The van der Waals surface area contributed by atoms with Crippen molar-refractivity contribution in [3.8, 4) is 0 Å². The number of anilines is 2. The number of benzene rings is 2. The number of carbonyl (C=O) groups is 2. The molecule has 1 aliphatic heterocycles. The number of carbonyl (C=O) groups excluding carboxylic acids is 2. The second kappa shape index (κ2) is 5.41. The summed E-state index contributed by atoms with van der Waals surface area (Å²) in [5.41, 5.74) is 8.30. The molecule has 1 amide bonds. The first-order valence-corrected chi connectivity index (χ1v) is 7.99. The Balaban J connectivity index is 1.79. The van der Waals surface area contributed by atoms with Crippen LogP contribution in [0.25, 0.3) is 0 Å². The molecule has 2 N–H and O–H groups in total. The van der Waals surface area contributed by atoms with Crippen LogP contribution in [0.1, 0.15) is 45.0 Å². The van der Waals surface area contributed by atoms with Gasteiger partial charge in [0.1, 0.15) is 0 Å². The monoisotopic (exact) mass is 337 g/mol. The number of amides is 1. The van der Waals surface area contributed by atoms with Gasteiger partial charge in [-0.15, -0.1) is 0 Å². The number of nitro benzene ring substituents is 1. The molecular weight excluding hydrogens is 322 g/mol. The summed E-state index contributed by atoms with van der Waals surface area (Å²) in [6, 6.07) is 9.22. The Morgan fingerprint density at radius 3 is 2.84 bits per heavy atom. The molecule has 2 aromatic rings. The van der Waals surface area contributed by atoms with E-state index in [1.54, 1.807) is 17.0 Å². The van der Waals surface area contributed by atoms with E-state index in [2.05, 4.69) is 0 Å². The van der Waals surface area contributed by atoms with Gasteiger partial charge in [-0.1, -0.05) is 12.1 Å². The Bertz CT molecular complexity index is 938. The van der Waals surface area contributed by atoms with Gasteiger partial charge in [0.15, 0.2) is 5.78 Å². The van der Waals surface area contributed by atoms with Gasteiger partial charge >= 0.3 is 0 Å². The van der Waals surface area contributed by atoms with E-state index in [-0.39, 0.29) is 34.5 Å². The van der Waals surface area contributed by atoms with E-state index in [9.17, 15) is 19.7 Å². The Hall–Kier alpha value is -3.22. The molecule has 0 fully saturated rings. The molecule has 126 valence electrons. The number of non-ortho nitro benzene ring substituents is 1. The third kappa shape index (κ3) is 2.27. The van der Waals surface area contributed by atoms with Gasteiger partial charge in [-0.3, -0.25) is 19.7 Å². The number of hydrogen-bond acceptors (Lipinski definition) is 5. The first-order valence-electron chi connectivity index (χ1n) is 7.99. The average molecular weight is 337 g/mol. The molecule has 7 heteroatoms. The first-order chi connectivity index (χ1) is 12.0. The van der Waals surface area contributed by atoms with E-state index in [0.29, 0.717) is 30.6 Å². The topological polar surface area (TPSA) is 107 Å². The van der Waals surface area contributed by atoms with Crippen molar-refractivity contribution in [2.75, 3.05) is 17.2 Å². The van der Waals surface area contributed by atoms with Crippen LogP contribution in [-0.2, 0) is 0 Å². The number of nitrogens with two attached hydrogens (primary N) is 1. The highest BCUT2D eigenvalue weighted by atomic mass is 16.6. The molecule has 0 spiro atoms. The predicted molar refractivity (Wildman–Crippen MR) is 91.9 cm³/mol. The van der Waals surface area contributed by atoms with Crippen molar-refractivity contribution in [3.63, 3.8) is 0 Å². The molecule has 0 aromatic heterocycles. The molecule has 0 unspecified atom stereocenters. The van der Waals surface area contributed by atoms with Gasteiger partial charge in [-0.05, 0) is 24.1 Å². The largest absolute Gasteiger partial charge is 0.398 e. The number of nitrogens with zero attached hydrogens (tertiary/aromatic N) is 2. The van der Waals surface area contributed by atoms with Gasteiger partial charge in [0.25, 0.3) is 11.6 Å². The highest BCUT2D eigenvalue weighted by molar-refractivity contribution is 6.12. The molecule has 0 radical (unpaired) electrons. The fourth-order valence-corrected chi connectivity index (χ4v) is 3.73. The van der Waals surface area contributed by atoms with Crippen LogP contribution in [0.4, 0.5) is 17.1 Å². The number of nitrogen functional groups attached to an aromatic ring is 1. The third-order valence-electron chi connectivity index (χ3n) is 4.93. The molecular formula is C18H15N3O4. The van der Waals surface area contributed by atoms with E-state index in [4.69, 9.17) is 5.73 Å². The molecule has 25 heavy (non-hydrogen) atoms. The molecule has 1 heterocycles. The van der Waals surface area contributed by atoms with Crippen molar-refractivity contribution in [2.45, 2.75) is 18.8 Å². The smallest absolute Gasteiger partial charge is 0.270 e. The lowest BCUT2D eigenvalue weighted by molar-refractivity contribution is -0.384. The molecule has 2 aromatic carbocycles. The Morgan fingerprint density at radius 1 is 1.28 bits per heavy atom. The maximum Gasteiger partial charge on any atom is 0.270 e. The van der Waals surface area contributed by atoms with Crippen molar-refractivity contribution in [1.29, 1.82) is 0 Å². The first kappa shape index (κ1) is 15.3. The van der Waals surface area contributed by atoms with E-state index < -0.39 is 4.92 Å². The zero-order valence-corrected chi connectivity index (χ0v) is 13.3. The quantitative estimate of drug-likeness (QED) is 0.515. The van der Waals surface area contributed by atoms with E-state index >= 15 is 0 Å². The van der Waals surface area contributed by atoms with Crippen LogP contribution in [-0.4, -0.2) is 23.2 Å². The number of rotatable bonds is 2. The number of Topliss-reactive ketones (excluding diaryl/α,β-unsaturated/α-hetero) is 1. The average Bonchev–Trinajstić information content (AvgIpc) is 2.98. The summed E-state index contributed by atoms with van der Waals surface area (Å²) in [5.74, 6) is -0.165. The Morgan fingerprint density at radius 2 is 2.08 bits per heavy atom. The van der Waals surface area contributed by atoms with Crippen LogP contribution < -0.4 is 10.6 Å². The zero-order chi connectivity index (χ0) is 17.7. The van der Waals surface area contributed by atoms with Crippen molar-refractivity contribution in [1.82, 2.24) is 0 Å².